The van der Waals surface area contributed by atoms with Gasteiger partial charge in [0.05, 0.1) is 0 Å². The van der Waals surface area contributed by atoms with Crippen LogP contribution in [-0.2, 0) is 14.4 Å². The average molecular weight is 186 g/mol. The zero-order chi connectivity index (χ0) is 8.99. The van der Waals surface area contributed by atoms with Crippen LogP contribution >= 0.6 is 0 Å². The second-order valence-electron chi connectivity index (χ2n) is 0.730. The Balaban J connectivity index is -0.0000000191. The van der Waals surface area contributed by atoms with Crippen molar-refractivity contribution in [3.63, 3.8) is 0 Å². The molecule has 8 heteroatoms. The van der Waals surface area contributed by atoms with Crippen LogP contribution in [0.5, 0.6) is 0 Å². The van der Waals surface area contributed by atoms with Gasteiger partial charge in [0.15, 0.2) is 0 Å². The molecule has 12 heavy (non-hydrogen) atoms. The zero-order valence-electron chi connectivity index (χ0n) is 6.64. The van der Waals surface area contributed by atoms with Gasteiger partial charge < -0.3 is 27.6 Å². The average Bonchev–Trinajstić information content (AvgIpc) is 1.65. The predicted octanol–water partition coefficient (Wildman–Crippen LogP) is -0.184. The minimum Gasteiger partial charge on any atom is -0.483 e. The summed E-state index contributed by atoms with van der Waals surface area (Å²) in [5.41, 5.74) is 0. The fourth-order valence-electron chi connectivity index (χ4n) is 0. The fourth-order valence-corrected chi connectivity index (χ4v) is 0. The summed E-state index contributed by atoms with van der Waals surface area (Å²) in [5.74, 6) is -0.833. The van der Waals surface area contributed by atoms with E-state index < -0.39 is 5.97 Å². The van der Waals surface area contributed by atoms with Crippen molar-refractivity contribution in [3.8, 4) is 0 Å². The number of carboxylic acids is 1. The predicted molar refractivity (Wildman–Crippen MR) is 40.7 cm³/mol. The summed E-state index contributed by atoms with van der Waals surface area (Å²) in [5, 5.41) is 21.2. The third-order valence-corrected chi connectivity index (χ3v) is 0. The van der Waals surface area contributed by atoms with E-state index in [0.717, 1.165) is 6.92 Å². The van der Waals surface area contributed by atoms with Crippen molar-refractivity contribution < 1.29 is 29.7 Å². The topological polar surface area (TPSA) is 182 Å². The SMILES string of the molecule is CC(=O)O.N.N.O=CO.O=CO. The highest BCUT2D eigenvalue weighted by atomic mass is 16.4. The van der Waals surface area contributed by atoms with E-state index in [4.69, 9.17) is 29.7 Å². The van der Waals surface area contributed by atoms with Gasteiger partial charge in [-0.2, -0.15) is 0 Å². The van der Waals surface area contributed by atoms with Gasteiger partial charge >= 0.3 is 0 Å². The highest BCUT2D eigenvalue weighted by Gasteiger charge is 1.65. The molecule has 0 amide bonds. The number of carbonyl (C=O) groups is 3. The molecule has 0 saturated heterocycles. The molecule has 8 nitrogen and oxygen atoms in total. The Kier molecular flexibility index (Phi) is 154. The van der Waals surface area contributed by atoms with Crippen LogP contribution in [0, 0.1) is 0 Å². The van der Waals surface area contributed by atoms with Gasteiger partial charge in [0, 0.05) is 6.92 Å². The van der Waals surface area contributed by atoms with E-state index in [1.165, 1.54) is 0 Å². The normalized spacial score (nSPS) is 4.08. The summed E-state index contributed by atoms with van der Waals surface area (Å²) in [6.07, 6.45) is 0. The van der Waals surface area contributed by atoms with Crippen molar-refractivity contribution in [2.45, 2.75) is 6.92 Å². The van der Waals surface area contributed by atoms with E-state index in [-0.39, 0.29) is 25.2 Å². The number of rotatable bonds is 0. The molecule has 0 atom stereocenters. The van der Waals surface area contributed by atoms with Gasteiger partial charge in [0.1, 0.15) is 0 Å². The molecule has 76 valence electrons. The maximum Gasteiger partial charge on any atom is 0.300 e. The van der Waals surface area contributed by atoms with Crippen molar-refractivity contribution in [1.29, 1.82) is 0 Å². The molecule has 0 saturated carbocycles. The Bertz CT molecular complexity index is 85.5. The van der Waals surface area contributed by atoms with Gasteiger partial charge in [-0.05, 0) is 0 Å². The summed E-state index contributed by atoms with van der Waals surface area (Å²) in [4.78, 5) is 25.7. The monoisotopic (exact) mass is 186 g/mol. The van der Waals surface area contributed by atoms with Gasteiger partial charge in [-0.15, -0.1) is 0 Å². The third kappa shape index (κ3) is 160. The molecule has 0 fully saturated rings. The molecular weight excluding hydrogens is 172 g/mol. The van der Waals surface area contributed by atoms with Crippen LogP contribution in [0.15, 0.2) is 0 Å². The summed E-state index contributed by atoms with van der Waals surface area (Å²) in [6.45, 7) is 0.583. The summed E-state index contributed by atoms with van der Waals surface area (Å²) >= 11 is 0. The lowest BCUT2D eigenvalue weighted by Gasteiger charge is -1.59. The van der Waals surface area contributed by atoms with Gasteiger partial charge in [0.25, 0.3) is 18.9 Å². The largest absolute Gasteiger partial charge is 0.483 e. The lowest BCUT2D eigenvalue weighted by molar-refractivity contribution is -0.134. The number of carboxylic acid groups (broad SMARTS) is 3. The molecule has 0 heterocycles. The highest BCUT2D eigenvalue weighted by Crippen LogP contribution is 1.42. The van der Waals surface area contributed by atoms with Crippen LogP contribution in [0.1, 0.15) is 6.92 Å². The highest BCUT2D eigenvalue weighted by molar-refractivity contribution is 5.62. The standard InChI is InChI=1S/C2H4O2.2CH2O2.2H3N/c1-2(3)4;2*2-1-3;;/h1H3,(H,3,4);2*1H,(H,2,3);2*1H3. The molecule has 0 radical (unpaired) electrons. The quantitative estimate of drug-likeness (QED) is 0.322. The van der Waals surface area contributed by atoms with Gasteiger partial charge in [-0.3, -0.25) is 14.4 Å². The summed E-state index contributed by atoms with van der Waals surface area (Å²) in [6, 6.07) is 0. The van der Waals surface area contributed by atoms with E-state index in [9.17, 15) is 0 Å². The van der Waals surface area contributed by atoms with Crippen molar-refractivity contribution in [2.75, 3.05) is 0 Å². The first-order valence-electron chi connectivity index (χ1n) is 1.92. The Hall–Kier alpha value is -1.67. The van der Waals surface area contributed by atoms with E-state index in [1.807, 2.05) is 0 Å². The third-order valence-electron chi connectivity index (χ3n) is 0. The molecule has 0 bridgehead atoms. The van der Waals surface area contributed by atoms with Crippen molar-refractivity contribution in [1.82, 2.24) is 12.3 Å². The molecule has 0 aromatic heterocycles. The van der Waals surface area contributed by atoms with Crippen LogP contribution in [0.25, 0.3) is 0 Å². The molecule has 9 N–H and O–H groups in total. The number of hydrogen-bond acceptors (Lipinski definition) is 5. The Morgan fingerprint density at radius 1 is 1.08 bits per heavy atom. The van der Waals surface area contributed by atoms with Gasteiger partial charge in [-0.1, -0.05) is 0 Å². The van der Waals surface area contributed by atoms with Crippen molar-refractivity contribution in [3.05, 3.63) is 0 Å². The maximum atomic E-state index is 9.00. The van der Waals surface area contributed by atoms with Crippen molar-refractivity contribution in [2.24, 2.45) is 0 Å². The van der Waals surface area contributed by atoms with Crippen LogP contribution < -0.4 is 12.3 Å². The lowest BCUT2D eigenvalue weighted by atomic mass is 10.9. The van der Waals surface area contributed by atoms with Crippen LogP contribution in [0.4, 0.5) is 0 Å². The van der Waals surface area contributed by atoms with E-state index in [1.54, 1.807) is 0 Å². The Morgan fingerprint density at radius 2 is 1.08 bits per heavy atom. The second-order valence-corrected chi connectivity index (χ2v) is 0.730. The van der Waals surface area contributed by atoms with Gasteiger partial charge in [0.2, 0.25) is 0 Å². The molecule has 0 spiro atoms. The van der Waals surface area contributed by atoms with E-state index in [2.05, 4.69) is 0 Å². The van der Waals surface area contributed by atoms with E-state index >= 15 is 0 Å². The fraction of sp³-hybridized carbons (Fsp3) is 0.250. The number of hydrogen-bond donors (Lipinski definition) is 5. The maximum absolute atomic E-state index is 9.00. The smallest absolute Gasteiger partial charge is 0.300 e. The second kappa shape index (κ2) is 58.4. The minimum atomic E-state index is -0.833. The van der Waals surface area contributed by atoms with Crippen LogP contribution in [0.2, 0.25) is 0 Å². The minimum absolute atomic E-state index is 0. The van der Waals surface area contributed by atoms with E-state index in [0.29, 0.717) is 0 Å². The molecule has 0 aliphatic carbocycles. The Morgan fingerprint density at radius 3 is 1.08 bits per heavy atom. The van der Waals surface area contributed by atoms with Crippen LogP contribution in [-0.4, -0.2) is 34.2 Å². The molecule has 0 rings (SSSR count). The number of aliphatic carboxylic acids is 1. The molecule has 0 aliphatic heterocycles. The Labute approximate surface area is 69.0 Å². The van der Waals surface area contributed by atoms with Crippen molar-refractivity contribution >= 4 is 18.9 Å². The lowest BCUT2D eigenvalue weighted by Crippen LogP contribution is -1.78. The first-order valence-corrected chi connectivity index (χ1v) is 1.92. The molecule has 0 aliphatic rings. The molecule has 0 aromatic carbocycles. The molecular formula is C4H14N2O6. The summed E-state index contributed by atoms with van der Waals surface area (Å²) in [7, 11) is 0. The summed E-state index contributed by atoms with van der Waals surface area (Å²) < 4.78 is 0. The first kappa shape index (κ1) is 31.7. The molecule has 0 aromatic rings. The first-order chi connectivity index (χ1) is 4.56. The van der Waals surface area contributed by atoms with Gasteiger partial charge in [-0.25, -0.2) is 0 Å². The molecule has 0 unspecified atom stereocenters. The van der Waals surface area contributed by atoms with Crippen LogP contribution in [0.3, 0.4) is 0 Å². The zero-order valence-corrected chi connectivity index (χ0v) is 6.64.